The molecule has 6 nitrogen and oxygen atoms in total. The molecule has 0 bridgehead atoms. The van der Waals surface area contributed by atoms with Crippen molar-refractivity contribution in [2.75, 3.05) is 25.0 Å². The first-order valence-electron chi connectivity index (χ1n) is 10.9. The Morgan fingerprint density at radius 3 is 3.06 bits per heavy atom. The van der Waals surface area contributed by atoms with Crippen LogP contribution < -0.4 is 10.8 Å². The number of likely N-dealkylation sites (tertiary alicyclic amines) is 1. The normalized spacial score (nSPS) is 18.1. The largest absolute Gasteiger partial charge is 0.366 e. The number of hydrogen-bond donors (Lipinski definition) is 1. The van der Waals surface area contributed by atoms with Gasteiger partial charge in [0.15, 0.2) is 5.65 Å². The molecule has 3 aromatic rings. The maximum Gasteiger partial charge on any atom is 0.150 e. The number of anilines is 1. The lowest BCUT2D eigenvalue weighted by Crippen LogP contribution is -2.35. The fraction of sp³-hybridized carbons (Fsp3) is 0.375. The van der Waals surface area contributed by atoms with Crippen LogP contribution in [-0.4, -0.2) is 52.0 Å². The Bertz CT molecular complexity index is 1070. The van der Waals surface area contributed by atoms with Gasteiger partial charge in [0.25, 0.3) is 0 Å². The highest BCUT2D eigenvalue weighted by Crippen LogP contribution is 2.28. The molecular weight excluding hydrogens is 383 g/mol. The number of fused-ring (bicyclic) bond motifs is 1. The molecule has 1 unspecified atom stereocenters. The predicted molar refractivity (Wildman–Crippen MR) is 127 cm³/mol. The van der Waals surface area contributed by atoms with Crippen molar-refractivity contribution in [2.45, 2.75) is 39.2 Å². The minimum atomic E-state index is 0.376. The molecule has 4 heterocycles. The zero-order chi connectivity index (χ0) is 21.6. The predicted octanol–water partition coefficient (Wildman–Crippen LogP) is 3.23. The lowest BCUT2D eigenvalue weighted by Gasteiger charge is -2.33. The van der Waals surface area contributed by atoms with Crippen LogP contribution >= 0.6 is 0 Å². The molecule has 158 valence electrons. The van der Waals surface area contributed by atoms with Crippen molar-refractivity contribution in [1.82, 2.24) is 24.5 Å². The van der Waals surface area contributed by atoms with Gasteiger partial charge in [0.05, 0.1) is 5.69 Å². The fourth-order valence-corrected chi connectivity index (χ4v) is 4.14. The standard InChI is InChI=1S/C24H29BN6/c1-3-4-7-18(2)16-30-11-6-9-20(17-30)22-12-23(27-14-19-8-5-10-26-13-19)31-24(29-22)21(25)15-28-31/h3-5,7-8,10,12-13,15,20,27H,6,9,11,14,16-17H2,1-2H3/b4-3-,18-7+. The van der Waals surface area contributed by atoms with Crippen molar-refractivity contribution in [3.05, 3.63) is 71.8 Å². The van der Waals surface area contributed by atoms with Crippen molar-refractivity contribution in [3.8, 4) is 0 Å². The monoisotopic (exact) mass is 412 g/mol. The van der Waals surface area contributed by atoms with Gasteiger partial charge in [0.2, 0.25) is 0 Å². The summed E-state index contributed by atoms with van der Waals surface area (Å²) in [5, 5.41) is 7.92. The summed E-state index contributed by atoms with van der Waals surface area (Å²) in [5.74, 6) is 1.28. The molecule has 4 rings (SSSR count). The Balaban J connectivity index is 1.56. The number of aromatic nitrogens is 4. The average Bonchev–Trinajstić information content (AvgIpc) is 3.18. The third kappa shape index (κ3) is 5.23. The molecule has 0 amide bonds. The second-order valence-electron chi connectivity index (χ2n) is 8.23. The minimum Gasteiger partial charge on any atom is -0.366 e. The van der Waals surface area contributed by atoms with E-state index >= 15 is 0 Å². The van der Waals surface area contributed by atoms with E-state index in [4.69, 9.17) is 12.8 Å². The van der Waals surface area contributed by atoms with E-state index in [1.165, 1.54) is 12.0 Å². The van der Waals surface area contributed by atoms with Crippen molar-refractivity contribution in [1.29, 1.82) is 0 Å². The molecule has 3 aromatic heterocycles. The Labute approximate surface area is 185 Å². The molecule has 2 radical (unpaired) electrons. The van der Waals surface area contributed by atoms with E-state index in [9.17, 15) is 0 Å². The summed E-state index contributed by atoms with van der Waals surface area (Å²) in [6.45, 7) is 8.02. The van der Waals surface area contributed by atoms with Crippen LogP contribution in [0.5, 0.6) is 0 Å². The van der Waals surface area contributed by atoms with E-state index in [0.29, 0.717) is 23.6 Å². The van der Waals surface area contributed by atoms with Gasteiger partial charge >= 0.3 is 0 Å². The van der Waals surface area contributed by atoms with Gasteiger partial charge in [0.1, 0.15) is 13.7 Å². The van der Waals surface area contributed by atoms with Gasteiger partial charge < -0.3 is 5.32 Å². The molecule has 1 aliphatic heterocycles. The summed E-state index contributed by atoms with van der Waals surface area (Å²) in [7, 11) is 6.18. The van der Waals surface area contributed by atoms with Gasteiger partial charge in [-0.25, -0.2) is 4.98 Å². The molecule has 0 aromatic carbocycles. The van der Waals surface area contributed by atoms with E-state index in [-0.39, 0.29) is 0 Å². The van der Waals surface area contributed by atoms with Crippen molar-refractivity contribution >= 4 is 24.8 Å². The second-order valence-corrected chi connectivity index (χ2v) is 8.23. The Morgan fingerprint density at radius 1 is 1.35 bits per heavy atom. The third-order valence-electron chi connectivity index (χ3n) is 5.69. The van der Waals surface area contributed by atoms with Crippen LogP contribution in [0.1, 0.15) is 43.9 Å². The summed E-state index contributed by atoms with van der Waals surface area (Å²) in [5.41, 5.74) is 4.88. The third-order valence-corrected chi connectivity index (χ3v) is 5.69. The molecular formula is C24H29BN6. The smallest absolute Gasteiger partial charge is 0.150 e. The number of pyridine rings is 1. The number of rotatable bonds is 7. The lowest BCUT2D eigenvalue weighted by atomic mass is 9.93. The fourth-order valence-electron chi connectivity index (χ4n) is 4.14. The number of allylic oxidation sites excluding steroid dienone is 3. The summed E-state index contributed by atoms with van der Waals surface area (Å²) in [6, 6.07) is 6.13. The van der Waals surface area contributed by atoms with Gasteiger partial charge in [-0.05, 0) is 50.3 Å². The lowest BCUT2D eigenvalue weighted by molar-refractivity contribution is 0.222. The maximum atomic E-state index is 6.18. The van der Waals surface area contributed by atoms with Gasteiger partial charge in [-0.2, -0.15) is 9.61 Å². The SMILES string of the molecule is [B]c1cnn2c(NCc3cccnc3)cc(C3CCCN(C/C(C)=C/C=C\C)C3)nc12. The summed E-state index contributed by atoms with van der Waals surface area (Å²) < 4.78 is 1.79. The quantitative estimate of drug-likeness (QED) is 0.477. The van der Waals surface area contributed by atoms with Crippen LogP contribution in [0.15, 0.2) is 60.6 Å². The zero-order valence-corrected chi connectivity index (χ0v) is 18.3. The van der Waals surface area contributed by atoms with Crippen molar-refractivity contribution in [2.24, 2.45) is 0 Å². The summed E-state index contributed by atoms with van der Waals surface area (Å²) in [4.78, 5) is 11.6. The highest BCUT2D eigenvalue weighted by molar-refractivity contribution is 6.36. The maximum absolute atomic E-state index is 6.18. The molecule has 0 aliphatic carbocycles. The topological polar surface area (TPSA) is 58.4 Å². The summed E-state index contributed by atoms with van der Waals surface area (Å²) in [6.07, 6.45) is 14.0. The van der Waals surface area contributed by atoms with Crippen LogP contribution in [-0.2, 0) is 6.54 Å². The van der Waals surface area contributed by atoms with Crippen LogP contribution in [0.4, 0.5) is 5.82 Å². The molecule has 0 spiro atoms. The Morgan fingerprint density at radius 2 is 2.26 bits per heavy atom. The van der Waals surface area contributed by atoms with Gasteiger partial charge in [-0.15, -0.1) is 0 Å². The van der Waals surface area contributed by atoms with Gasteiger partial charge in [-0.1, -0.05) is 29.9 Å². The van der Waals surface area contributed by atoms with E-state index in [0.717, 1.165) is 43.1 Å². The van der Waals surface area contributed by atoms with Crippen molar-refractivity contribution < 1.29 is 0 Å². The van der Waals surface area contributed by atoms with Crippen molar-refractivity contribution in [3.63, 3.8) is 0 Å². The highest BCUT2D eigenvalue weighted by Gasteiger charge is 2.24. The van der Waals surface area contributed by atoms with Crippen LogP contribution in [0.3, 0.4) is 0 Å². The first-order valence-corrected chi connectivity index (χ1v) is 10.9. The zero-order valence-electron chi connectivity index (χ0n) is 18.3. The van der Waals surface area contributed by atoms with Crippen LogP contribution in [0.2, 0.25) is 0 Å². The molecule has 1 aliphatic rings. The minimum absolute atomic E-state index is 0.376. The Hall–Kier alpha value is -2.93. The number of piperidine rings is 1. The average molecular weight is 412 g/mol. The molecule has 1 N–H and O–H groups in total. The van der Waals surface area contributed by atoms with E-state index in [1.807, 2.05) is 19.2 Å². The first kappa shape index (κ1) is 21.3. The molecule has 1 atom stereocenters. The van der Waals surface area contributed by atoms with Crippen LogP contribution in [0, 0.1) is 0 Å². The van der Waals surface area contributed by atoms with Gasteiger partial charge in [-0.3, -0.25) is 9.88 Å². The number of nitrogens with one attached hydrogen (secondary N) is 1. The molecule has 7 heteroatoms. The molecule has 0 saturated carbocycles. The van der Waals surface area contributed by atoms with E-state index in [1.54, 1.807) is 16.9 Å². The molecule has 1 saturated heterocycles. The van der Waals surface area contributed by atoms with Crippen LogP contribution in [0.25, 0.3) is 5.65 Å². The molecule has 1 fully saturated rings. The van der Waals surface area contributed by atoms with E-state index < -0.39 is 0 Å². The first-order chi connectivity index (χ1) is 15.1. The molecule has 31 heavy (non-hydrogen) atoms. The second kappa shape index (κ2) is 9.92. The summed E-state index contributed by atoms with van der Waals surface area (Å²) >= 11 is 0. The Kier molecular flexibility index (Phi) is 6.82. The number of hydrogen-bond acceptors (Lipinski definition) is 5. The van der Waals surface area contributed by atoms with Gasteiger partial charge in [0, 0.05) is 50.2 Å². The number of nitrogens with zero attached hydrogens (tertiary/aromatic N) is 5. The van der Waals surface area contributed by atoms with E-state index in [2.05, 4.69) is 57.6 Å². The highest BCUT2D eigenvalue weighted by atomic mass is 15.3.